The summed E-state index contributed by atoms with van der Waals surface area (Å²) in [6.07, 6.45) is 0. The topological polar surface area (TPSA) is 251 Å². The molecule has 4 aromatic carbocycles. The maximum Gasteiger partial charge on any atom is 0.294 e. The molecule has 0 aromatic heterocycles. The Bertz CT molecular complexity index is 1620. The lowest BCUT2D eigenvalue weighted by Gasteiger charge is -1.99. The molecule has 0 aliphatic rings. The lowest BCUT2D eigenvalue weighted by atomic mass is 10.3. The van der Waals surface area contributed by atoms with Crippen LogP contribution in [-0.2, 0) is 30.4 Å². The molecule has 18 heteroatoms. The fourth-order valence-electron chi connectivity index (χ4n) is 2.76. The number of aromatic hydroxyl groups is 3. The molecule has 0 atom stereocenters. The summed E-state index contributed by atoms with van der Waals surface area (Å²) in [4.78, 5) is -0.407. The summed E-state index contributed by atoms with van der Waals surface area (Å²) in [6.45, 7) is 0. The highest BCUT2D eigenvalue weighted by molar-refractivity contribution is 7.86. The Labute approximate surface area is 259 Å². The SMILES string of the molecule is COc1ccc(S(=O)(=O)O)cc1.COc1ccc(S(=O)(=O)O)cc1.COc1ccc(S(=O)(=O)O)cc1.Oc1cccc(O)c1O. The van der Waals surface area contributed by atoms with Crippen LogP contribution >= 0.6 is 0 Å². The van der Waals surface area contributed by atoms with Gasteiger partial charge in [-0.2, -0.15) is 25.3 Å². The molecule has 0 fully saturated rings. The molecule has 0 spiro atoms. The lowest BCUT2D eigenvalue weighted by molar-refractivity contribution is 0.368. The molecule has 0 bridgehead atoms. The number of rotatable bonds is 6. The van der Waals surface area contributed by atoms with Crippen molar-refractivity contribution >= 4 is 30.4 Å². The van der Waals surface area contributed by atoms with Gasteiger partial charge in [0, 0.05) is 0 Å². The van der Waals surface area contributed by atoms with E-state index in [1.807, 2.05) is 0 Å². The number of hydrogen-bond donors (Lipinski definition) is 6. The van der Waals surface area contributed by atoms with Crippen molar-refractivity contribution in [3.63, 3.8) is 0 Å². The van der Waals surface area contributed by atoms with Gasteiger partial charge in [-0.3, -0.25) is 13.7 Å². The Kier molecular flexibility index (Phi) is 14.6. The third-order valence-electron chi connectivity index (χ3n) is 5.07. The van der Waals surface area contributed by atoms with Crippen molar-refractivity contribution in [2.24, 2.45) is 0 Å². The van der Waals surface area contributed by atoms with Gasteiger partial charge in [-0.1, -0.05) is 6.07 Å². The number of phenols is 3. The van der Waals surface area contributed by atoms with Crippen molar-refractivity contribution in [1.29, 1.82) is 0 Å². The van der Waals surface area contributed by atoms with Crippen LogP contribution in [0.2, 0.25) is 0 Å². The molecule has 0 amide bonds. The molecule has 0 heterocycles. The summed E-state index contributed by atoms with van der Waals surface area (Å²) in [6, 6.07) is 20.4. The van der Waals surface area contributed by atoms with Gasteiger partial charge >= 0.3 is 0 Å². The Morgan fingerprint density at radius 2 is 0.644 bits per heavy atom. The lowest BCUT2D eigenvalue weighted by Crippen LogP contribution is -1.97. The largest absolute Gasteiger partial charge is 0.504 e. The van der Waals surface area contributed by atoms with Crippen LogP contribution < -0.4 is 14.2 Å². The zero-order chi connectivity index (χ0) is 34.4. The first-order valence-electron chi connectivity index (χ1n) is 11.9. The van der Waals surface area contributed by atoms with Crippen molar-refractivity contribution in [2.45, 2.75) is 14.7 Å². The van der Waals surface area contributed by atoms with Gasteiger partial charge in [0.25, 0.3) is 30.4 Å². The van der Waals surface area contributed by atoms with Gasteiger partial charge in [0.15, 0.2) is 17.2 Å². The van der Waals surface area contributed by atoms with Crippen LogP contribution in [0.4, 0.5) is 0 Å². The number of ether oxygens (including phenoxy) is 3. The summed E-state index contributed by atoms with van der Waals surface area (Å²) in [7, 11) is -7.83. The fraction of sp³-hybridized carbons (Fsp3) is 0.111. The van der Waals surface area contributed by atoms with E-state index in [0.29, 0.717) is 17.2 Å². The van der Waals surface area contributed by atoms with E-state index in [0.717, 1.165) is 0 Å². The van der Waals surface area contributed by atoms with Crippen LogP contribution in [0.3, 0.4) is 0 Å². The fourth-order valence-corrected chi connectivity index (χ4v) is 4.20. The van der Waals surface area contributed by atoms with Crippen molar-refractivity contribution in [2.75, 3.05) is 21.3 Å². The molecule has 45 heavy (non-hydrogen) atoms. The normalized spacial score (nSPS) is 10.8. The Morgan fingerprint density at radius 1 is 0.422 bits per heavy atom. The van der Waals surface area contributed by atoms with E-state index in [-0.39, 0.29) is 26.2 Å². The first kappa shape index (κ1) is 38.4. The third kappa shape index (κ3) is 13.7. The van der Waals surface area contributed by atoms with Gasteiger partial charge in [-0.25, -0.2) is 0 Å². The highest BCUT2D eigenvalue weighted by Gasteiger charge is 2.09. The Hall–Kier alpha value is -4.59. The zero-order valence-corrected chi connectivity index (χ0v) is 26.2. The summed E-state index contributed by atoms with van der Waals surface area (Å²) in [5.41, 5.74) is 0. The molecule has 6 N–H and O–H groups in total. The van der Waals surface area contributed by atoms with Gasteiger partial charge in [0.1, 0.15) is 17.2 Å². The maximum absolute atomic E-state index is 10.5. The average Bonchev–Trinajstić information content (AvgIpc) is 2.99. The molecule has 0 saturated carbocycles. The minimum Gasteiger partial charge on any atom is -0.504 e. The average molecular weight is 691 g/mol. The predicted molar refractivity (Wildman–Crippen MR) is 160 cm³/mol. The Morgan fingerprint density at radius 3 is 0.800 bits per heavy atom. The van der Waals surface area contributed by atoms with Crippen LogP contribution in [-0.4, -0.2) is 75.6 Å². The van der Waals surface area contributed by atoms with Crippen LogP contribution in [0.25, 0.3) is 0 Å². The van der Waals surface area contributed by atoms with E-state index in [2.05, 4.69) is 0 Å². The summed E-state index contributed by atoms with van der Waals surface area (Å²) in [5, 5.41) is 26.1. The molecular weight excluding hydrogens is 660 g/mol. The quantitative estimate of drug-likeness (QED) is 0.125. The predicted octanol–water partition coefficient (Wildman–Crippen LogP) is 3.63. The van der Waals surface area contributed by atoms with Crippen LogP contribution in [0, 0.1) is 0 Å². The highest BCUT2D eigenvalue weighted by atomic mass is 32.2. The zero-order valence-electron chi connectivity index (χ0n) is 23.7. The number of methoxy groups -OCH3 is 3. The molecule has 4 aromatic rings. The van der Waals surface area contributed by atoms with Crippen LogP contribution in [0.1, 0.15) is 0 Å². The van der Waals surface area contributed by atoms with E-state index < -0.39 is 36.1 Å². The van der Waals surface area contributed by atoms with Gasteiger partial charge < -0.3 is 29.5 Å². The number of hydrogen-bond acceptors (Lipinski definition) is 12. The van der Waals surface area contributed by atoms with Gasteiger partial charge in [0.05, 0.1) is 36.0 Å². The first-order valence-corrected chi connectivity index (χ1v) is 16.2. The minimum atomic E-state index is -4.08. The second-order valence-corrected chi connectivity index (χ2v) is 12.4. The Balaban J connectivity index is 0.000000302. The van der Waals surface area contributed by atoms with Crippen LogP contribution in [0.15, 0.2) is 106 Å². The molecule has 246 valence electrons. The second-order valence-electron chi connectivity index (χ2n) is 8.10. The number of benzene rings is 4. The van der Waals surface area contributed by atoms with Crippen molar-refractivity contribution in [3.05, 3.63) is 91.0 Å². The molecule has 15 nitrogen and oxygen atoms in total. The van der Waals surface area contributed by atoms with E-state index in [1.165, 1.54) is 112 Å². The molecule has 4 rings (SSSR count). The van der Waals surface area contributed by atoms with Crippen molar-refractivity contribution in [1.82, 2.24) is 0 Å². The molecule has 0 unspecified atom stereocenters. The number of para-hydroxylation sites is 1. The molecule has 0 saturated heterocycles. The van der Waals surface area contributed by atoms with Crippen LogP contribution in [0.5, 0.6) is 34.5 Å². The standard InChI is InChI=1S/3C7H8O4S.C6H6O3/c3*1-11-6-2-4-7(5-3-6)12(8,9)10;7-4-2-1-3-5(8)6(4)9/h3*2-5H,1H3,(H,8,9,10);1-3,7-9H. The first-order chi connectivity index (χ1) is 20.8. The highest BCUT2D eigenvalue weighted by Crippen LogP contribution is 2.32. The third-order valence-corrected chi connectivity index (χ3v) is 7.67. The molecule has 0 radical (unpaired) electrons. The van der Waals surface area contributed by atoms with Gasteiger partial charge in [0.2, 0.25) is 0 Å². The second kappa shape index (κ2) is 17.0. The monoisotopic (exact) mass is 690 g/mol. The van der Waals surface area contributed by atoms with E-state index in [9.17, 15) is 25.3 Å². The van der Waals surface area contributed by atoms with Gasteiger partial charge in [-0.15, -0.1) is 0 Å². The van der Waals surface area contributed by atoms with Crippen molar-refractivity contribution < 1.29 is 68.4 Å². The molecule has 0 aliphatic carbocycles. The van der Waals surface area contributed by atoms with E-state index >= 15 is 0 Å². The van der Waals surface area contributed by atoms with E-state index in [4.69, 9.17) is 43.2 Å². The molecular formula is C27H30O15S3. The van der Waals surface area contributed by atoms with Crippen molar-refractivity contribution in [3.8, 4) is 34.5 Å². The molecule has 0 aliphatic heterocycles. The number of phenolic OH excluding ortho intramolecular Hbond substituents is 3. The summed E-state index contributed by atoms with van der Waals surface area (Å²) < 4.78 is 103. The minimum absolute atomic E-state index is 0.136. The summed E-state index contributed by atoms with van der Waals surface area (Å²) >= 11 is 0. The van der Waals surface area contributed by atoms with E-state index in [1.54, 1.807) is 0 Å². The summed E-state index contributed by atoms with van der Waals surface area (Å²) in [5.74, 6) is 0.537. The maximum atomic E-state index is 10.5. The smallest absolute Gasteiger partial charge is 0.294 e. The van der Waals surface area contributed by atoms with Gasteiger partial charge in [-0.05, 0) is 84.9 Å².